The fraction of sp³-hybridized carbons (Fsp3) is 0. The van der Waals surface area contributed by atoms with Crippen molar-refractivity contribution in [1.82, 2.24) is 10.2 Å². The summed E-state index contributed by atoms with van der Waals surface area (Å²) in [4.78, 5) is 0. The Morgan fingerprint density at radius 1 is 1.50 bits per heavy atom. The SMILES string of the molecule is N#Cc1n[nH]c2cc(Br)ccc12. The van der Waals surface area contributed by atoms with Crippen LogP contribution >= 0.6 is 15.9 Å². The number of nitriles is 1. The lowest BCUT2D eigenvalue weighted by Crippen LogP contribution is -1.71. The molecule has 2 aromatic rings. The van der Waals surface area contributed by atoms with Gasteiger partial charge in [-0.1, -0.05) is 15.9 Å². The molecule has 4 heteroatoms. The van der Waals surface area contributed by atoms with Gasteiger partial charge in [-0.2, -0.15) is 10.4 Å². The van der Waals surface area contributed by atoms with E-state index in [1.807, 2.05) is 24.3 Å². The Morgan fingerprint density at radius 3 is 3.08 bits per heavy atom. The highest BCUT2D eigenvalue weighted by atomic mass is 79.9. The Balaban J connectivity index is 2.84. The molecule has 2 rings (SSSR count). The van der Waals surface area contributed by atoms with E-state index >= 15 is 0 Å². The number of halogens is 1. The highest BCUT2D eigenvalue weighted by Crippen LogP contribution is 2.19. The number of hydrogen-bond donors (Lipinski definition) is 1. The number of benzene rings is 1. The van der Waals surface area contributed by atoms with Crippen LogP contribution in [-0.4, -0.2) is 10.2 Å². The van der Waals surface area contributed by atoms with E-state index < -0.39 is 0 Å². The van der Waals surface area contributed by atoms with Gasteiger partial charge in [0.25, 0.3) is 0 Å². The molecule has 1 N–H and O–H groups in total. The fourth-order valence-electron chi connectivity index (χ4n) is 1.08. The predicted molar refractivity (Wildman–Crippen MR) is 48.5 cm³/mol. The fourth-order valence-corrected chi connectivity index (χ4v) is 1.44. The van der Waals surface area contributed by atoms with Crippen LogP contribution in [0.4, 0.5) is 0 Å². The maximum Gasteiger partial charge on any atom is 0.170 e. The Hall–Kier alpha value is -1.34. The molecule has 1 aromatic carbocycles. The van der Waals surface area contributed by atoms with Crippen molar-refractivity contribution in [2.75, 3.05) is 0 Å². The average molecular weight is 222 g/mol. The van der Waals surface area contributed by atoms with Gasteiger partial charge in [0.15, 0.2) is 5.69 Å². The summed E-state index contributed by atoms with van der Waals surface area (Å²) in [5.74, 6) is 0. The maximum absolute atomic E-state index is 8.65. The molecule has 1 heterocycles. The van der Waals surface area contributed by atoms with Crippen molar-refractivity contribution in [2.24, 2.45) is 0 Å². The number of nitrogens with zero attached hydrogens (tertiary/aromatic N) is 2. The number of H-pyrrole nitrogens is 1. The third kappa shape index (κ3) is 0.990. The Labute approximate surface area is 77.1 Å². The highest BCUT2D eigenvalue weighted by molar-refractivity contribution is 9.10. The number of rotatable bonds is 0. The van der Waals surface area contributed by atoms with E-state index in [-0.39, 0.29) is 0 Å². The largest absolute Gasteiger partial charge is 0.276 e. The molecule has 1 aromatic heterocycles. The highest BCUT2D eigenvalue weighted by Gasteiger charge is 2.03. The van der Waals surface area contributed by atoms with Gasteiger partial charge in [-0.3, -0.25) is 5.10 Å². The van der Waals surface area contributed by atoms with Gasteiger partial charge in [-0.15, -0.1) is 0 Å². The summed E-state index contributed by atoms with van der Waals surface area (Å²) in [6, 6.07) is 7.65. The smallest absolute Gasteiger partial charge is 0.170 e. The third-order valence-corrected chi connectivity index (χ3v) is 2.12. The van der Waals surface area contributed by atoms with Gasteiger partial charge in [-0.05, 0) is 18.2 Å². The summed E-state index contributed by atoms with van der Waals surface area (Å²) in [7, 11) is 0. The van der Waals surface area contributed by atoms with Crippen molar-refractivity contribution in [3.05, 3.63) is 28.4 Å². The normalized spacial score (nSPS) is 10.0. The van der Waals surface area contributed by atoms with Crippen molar-refractivity contribution in [1.29, 1.82) is 5.26 Å². The topological polar surface area (TPSA) is 52.5 Å². The molecular formula is C8H4BrN3. The van der Waals surface area contributed by atoms with E-state index in [1.165, 1.54) is 0 Å². The minimum Gasteiger partial charge on any atom is -0.276 e. The molecule has 0 radical (unpaired) electrons. The maximum atomic E-state index is 8.65. The van der Waals surface area contributed by atoms with Gasteiger partial charge < -0.3 is 0 Å². The molecule has 0 aliphatic heterocycles. The second-order valence-corrected chi connectivity index (χ2v) is 3.29. The van der Waals surface area contributed by atoms with E-state index in [1.54, 1.807) is 0 Å². The number of aromatic nitrogens is 2. The Bertz CT molecular complexity index is 467. The van der Waals surface area contributed by atoms with E-state index in [4.69, 9.17) is 5.26 Å². The van der Waals surface area contributed by atoms with Crippen molar-refractivity contribution in [3.8, 4) is 6.07 Å². The third-order valence-electron chi connectivity index (χ3n) is 1.63. The average Bonchev–Trinajstić information content (AvgIpc) is 2.46. The van der Waals surface area contributed by atoms with Crippen LogP contribution in [0.15, 0.2) is 22.7 Å². The minimum absolute atomic E-state index is 0.442. The van der Waals surface area contributed by atoms with Gasteiger partial charge in [0, 0.05) is 9.86 Å². The molecule has 12 heavy (non-hydrogen) atoms. The van der Waals surface area contributed by atoms with Gasteiger partial charge in [0.2, 0.25) is 0 Å². The Morgan fingerprint density at radius 2 is 2.33 bits per heavy atom. The molecule has 0 aliphatic rings. The Kier molecular flexibility index (Phi) is 1.59. The first-order valence-corrected chi connectivity index (χ1v) is 4.14. The zero-order valence-corrected chi connectivity index (χ0v) is 7.59. The zero-order chi connectivity index (χ0) is 8.55. The van der Waals surface area contributed by atoms with Crippen LogP contribution in [0.5, 0.6) is 0 Å². The van der Waals surface area contributed by atoms with Crippen molar-refractivity contribution < 1.29 is 0 Å². The van der Waals surface area contributed by atoms with E-state index in [2.05, 4.69) is 26.1 Å². The molecule has 0 saturated carbocycles. The summed E-state index contributed by atoms with van der Waals surface area (Å²) < 4.78 is 0.975. The molecule has 0 saturated heterocycles. The van der Waals surface area contributed by atoms with Gasteiger partial charge >= 0.3 is 0 Å². The number of hydrogen-bond acceptors (Lipinski definition) is 2. The number of fused-ring (bicyclic) bond motifs is 1. The zero-order valence-electron chi connectivity index (χ0n) is 6.00. The summed E-state index contributed by atoms with van der Waals surface area (Å²) in [5, 5.41) is 16.1. The molecule has 0 atom stereocenters. The molecule has 0 unspecified atom stereocenters. The minimum atomic E-state index is 0.442. The first-order chi connectivity index (χ1) is 5.81. The number of nitrogens with one attached hydrogen (secondary N) is 1. The van der Waals surface area contributed by atoms with Crippen LogP contribution < -0.4 is 0 Å². The second-order valence-electron chi connectivity index (χ2n) is 2.37. The van der Waals surface area contributed by atoms with Crippen molar-refractivity contribution in [3.63, 3.8) is 0 Å². The second kappa shape index (κ2) is 2.61. The summed E-state index contributed by atoms with van der Waals surface area (Å²) >= 11 is 3.33. The van der Waals surface area contributed by atoms with Crippen molar-refractivity contribution >= 4 is 26.8 Å². The van der Waals surface area contributed by atoms with Gasteiger partial charge in [-0.25, -0.2) is 0 Å². The summed E-state index contributed by atoms with van der Waals surface area (Å²) in [6.45, 7) is 0. The van der Waals surface area contributed by atoms with Crippen LogP contribution in [0, 0.1) is 11.3 Å². The van der Waals surface area contributed by atoms with E-state index in [9.17, 15) is 0 Å². The molecule has 0 spiro atoms. The molecule has 0 amide bonds. The molecule has 58 valence electrons. The lowest BCUT2D eigenvalue weighted by atomic mass is 10.2. The number of aromatic amines is 1. The standard InChI is InChI=1S/C8H4BrN3/c9-5-1-2-6-7(3-5)11-12-8(6)4-10/h1-3H,(H,11,12). The molecule has 3 nitrogen and oxygen atoms in total. The monoisotopic (exact) mass is 221 g/mol. The first-order valence-electron chi connectivity index (χ1n) is 3.35. The van der Waals surface area contributed by atoms with E-state index in [0.717, 1.165) is 15.4 Å². The van der Waals surface area contributed by atoms with Crippen LogP contribution in [0.3, 0.4) is 0 Å². The summed E-state index contributed by atoms with van der Waals surface area (Å²) in [6.07, 6.45) is 0. The molecule has 0 bridgehead atoms. The van der Waals surface area contributed by atoms with Crippen LogP contribution in [0.25, 0.3) is 10.9 Å². The predicted octanol–water partition coefficient (Wildman–Crippen LogP) is 2.20. The lowest BCUT2D eigenvalue weighted by Gasteiger charge is -1.88. The van der Waals surface area contributed by atoms with Crippen molar-refractivity contribution in [2.45, 2.75) is 0 Å². The molecular weight excluding hydrogens is 218 g/mol. The van der Waals surface area contributed by atoms with Crippen LogP contribution in [0.1, 0.15) is 5.69 Å². The summed E-state index contributed by atoms with van der Waals surface area (Å²) in [5.41, 5.74) is 1.32. The van der Waals surface area contributed by atoms with Crippen LogP contribution in [-0.2, 0) is 0 Å². The first kappa shape index (κ1) is 7.32. The van der Waals surface area contributed by atoms with Gasteiger partial charge in [0.1, 0.15) is 6.07 Å². The quantitative estimate of drug-likeness (QED) is 0.742. The molecule has 0 fully saturated rings. The molecule has 0 aliphatic carbocycles. The van der Waals surface area contributed by atoms with E-state index in [0.29, 0.717) is 5.69 Å². The van der Waals surface area contributed by atoms with Gasteiger partial charge in [0.05, 0.1) is 5.52 Å². The lowest BCUT2D eigenvalue weighted by molar-refractivity contribution is 1.10. The van der Waals surface area contributed by atoms with Crippen LogP contribution in [0.2, 0.25) is 0 Å².